The van der Waals surface area contributed by atoms with Crippen LogP contribution in [0.1, 0.15) is 17.3 Å². The quantitative estimate of drug-likeness (QED) is 0.783. The van der Waals surface area contributed by atoms with Gasteiger partial charge in [-0.1, -0.05) is 28.9 Å². The van der Waals surface area contributed by atoms with Crippen molar-refractivity contribution in [3.63, 3.8) is 0 Å². The number of aromatic nitrogens is 3. The summed E-state index contributed by atoms with van der Waals surface area (Å²) in [6.07, 6.45) is 4.13. The topological polar surface area (TPSA) is 63.8 Å². The third-order valence-corrected chi connectivity index (χ3v) is 3.10. The van der Waals surface area contributed by atoms with Crippen LogP contribution in [0, 0.1) is 0 Å². The molecule has 21 heavy (non-hydrogen) atoms. The lowest BCUT2D eigenvalue weighted by molar-refractivity contribution is 0.378. The first-order valence-corrected chi connectivity index (χ1v) is 6.87. The van der Waals surface area contributed by atoms with Crippen LogP contribution in [0.5, 0.6) is 0 Å². The summed E-state index contributed by atoms with van der Waals surface area (Å²) >= 11 is 5.92. The Labute approximate surface area is 127 Å². The van der Waals surface area contributed by atoms with E-state index in [9.17, 15) is 0 Å². The van der Waals surface area contributed by atoms with Crippen molar-refractivity contribution in [2.45, 2.75) is 13.0 Å². The molecule has 0 fully saturated rings. The number of hydrogen-bond donors (Lipinski definition) is 1. The molecule has 0 saturated carbocycles. The van der Waals surface area contributed by atoms with Crippen LogP contribution in [0.2, 0.25) is 5.02 Å². The van der Waals surface area contributed by atoms with Crippen molar-refractivity contribution < 1.29 is 4.52 Å². The molecule has 0 radical (unpaired) electrons. The van der Waals surface area contributed by atoms with E-state index >= 15 is 0 Å². The molecule has 0 unspecified atom stereocenters. The number of pyridine rings is 1. The molecular weight excluding hydrogens is 288 g/mol. The molecule has 1 N–H and O–H groups in total. The van der Waals surface area contributed by atoms with Gasteiger partial charge in [0.2, 0.25) is 5.89 Å². The molecule has 1 aromatic carbocycles. The average Bonchev–Trinajstić information content (AvgIpc) is 2.94. The van der Waals surface area contributed by atoms with E-state index in [2.05, 4.69) is 20.4 Å². The second-order valence-electron chi connectivity index (χ2n) is 4.51. The van der Waals surface area contributed by atoms with E-state index in [-0.39, 0.29) is 0 Å². The summed E-state index contributed by atoms with van der Waals surface area (Å²) in [5, 5.41) is 7.83. The summed E-state index contributed by atoms with van der Waals surface area (Å²) in [5.74, 6) is 1.18. The van der Waals surface area contributed by atoms with Gasteiger partial charge >= 0.3 is 0 Å². The van der Waals surface area contributed by atoms with Crippen LogP contribution in [0.4, 0.5) is 5.69 Å². The van der Waals surface area contributed by atoms with Crippen LogP contribution in [0.15, 0.2) is 53.3 Å². The smallest absolute Gasteiger partial charge is 0.245 e. The Balaban J connectivity index is 1.60. The Hall–Kier alpha value is -2.40. The van der Waals surface area contributed by atoms with Gasteiger partial charge in [0.05, 0.1) is 6.54 Å². The molecule has 106 valence electrons. The molecule has 3 aromatic rings. The normalized spacial score (nSPS) is 10.5. The second-order valence-corrected chi connectivity index (χ2v) is 4.94. The highest BCUT2D eigenvalue weighted by molar-refractivity contribution is 6.30. The SMILES string of the molecule is Clc1cccc(NCc2nc(Cc3cccnc3)no2)c1. The lowest BCUT2D eigenvalue weighted by Gasteiger charge is -2.02. The molecule has 3 rings (SSSR count). The molecule has 0 aliphatic carbocycles. The molecule has 0 aliphatic heterocycles. The van der Waals surface area contributed by atoms with E-state index in [1.807, 2.05) is 36.4 Å². The molecule has 6 heteroatoms. The van der Waals surface area contributed by atoms with Gasteiger partial charge in [0.15, 0.2) is 5.82 Å². The Morgan fingerprint density at radius 3 is 2.95 bits per heavy atom. The third kappa shape index (κ3) is 3.79. The maximum absolute atomic E-state index is 5.92. The molecule has 5 nitrogen and oxygen atoms in total. The van der Waals surface area contributed by atoms with Crippen molar-refractivity contribution in [2.75, 3.05) is 5.32 Å². The molecule has 0 spiro atoms. The summed E-state index contributed by atoms with van der Waals surface area (Å²) in [7, 11) is 0. The molecule has 0 amide bonds. The molecule has 2 heterocycles. The van der Waals surface area contributed by atoms with E-state index in [4.69, 9.17) is 16.1 Å². The summed E-state index contributed by atoms with van der Waals surface area (Å²) < 4.78 is 5.21. The van der Waals surface area contributed by atoms with Gasteiger partial charge in [-0.15, -0.1) is 0 Å². The number of halogens is 1. The van der Waals surface area contributed by atoms with Gasteiger partial charge in [0.25, 0.3) is 0 Å². The van der Waals surface area contributed by atoms with Gasteiger partial charge in [-0.3, -0.25) is 4.98 Å². The number of anilines is 1. The maximum atomic E-state index is 5.92. The highest BCUT2D eigenvalue weighted by atomic mass is 35.5. The lowest BCUT2D eigenvalue weighted by atomic mass is 10.2. The van der Waals surface area contributed by atoms with Gasteiger partial charge < -0.3 is 9.84 Å². The molecule has 2 aromatic heterocycles. The zero-order valence-electron chi connectivity index (χ0n) is 11.2. The van der Waals surface area contributed by atoms with Crippen molar-refractivity contribution >= 4 is 17.3 Å². The fourth-order valence-electron chi connectivity index (χ4n) is 1.90. The Kier molecular flexibility index (Phi) is 4.12. The summed E-state index contributed by atoms with van der Waals surface area (Å²) in [5.41, 5.74) is 1.96. The van der Waals surface area contributed by atoms with E-state index in [0.717, 1.165) is 11.3 Å². The van der Waals surface area contributed by atoms with E-state index in [1.54, 1.807) is 12.4 Å². The zero-order chi connectivity index (χ0) is 14.5. The van der Waals surface area contributed by atoms with Gasteiger partial charge in [0, 0.05) is 29.5 Å². The monoisotopic (exact) mass is 300 g/mol. The standard InChI is InChI=1S/C15H13ClN4O/c16-12-4-1-5-13(8-12)18-10-15-19-14(20-21-15)7-11-3-2-6-17-9-11/h1-6,8-9,18H,7,10H2. The van der Waals surface area contributed by atoms with E-state index in [0.29, 0.717) is 29.7 Å². The average molecular weight is 301 g/mol. The van der Waals surface area contributed by atoms with Crippen LogP contribution in [-0.4, -0.2) is 15.1 Å². The number of nitrogens with one attached hydrogen (secondary N) is 1. The van der Waals surface area contributed by atoms with E-state index in [1.165, 1.54) is 0 Å². The van der Waals surface area contributed by atoms with Crippen LogP contribution < -0.4 is 5.32 Å². The summed E-state index contributed by atoms with van der Waals surface area (Å²) in [6.45, 7) is 0.459. The molecule has 0 saturated heterocycles. The largest absolute Gasteiger partial charge is 0.376 e. The molecule has 0 bridgehead atoms. The van der Waals surface area contributed by atoms with Crippen molar-refractivity contribution in [1.29, 1.82) is 0 Å². The number of nitrogens with zero attached hydrogens (tertiary/aromatic N) is 3. The van der Waals surface area contributed by atoms with Gasteiger partial charge in [-0.05, 0) is 29.8 Å². The first-order chi connectivity index (χ1) is 10.3. The summed E-state index contributed by atoms with van der Waals surface area (Å²) in [6, 6.07) is 11.3. The number of benzene rings is 1. The minimum Gasteiger partial charge on any atom is -0.376 e. The Morgan fingerprint density at radius 1 is 1.19 bits per heavy atom. The zero-order valence-corrected chi connectivity index (χ0v) is 11.9. The fourth-order valence-corrected chi connectivity index (χ4v) is 2.09. The lowest BCUT2D eigenvalue weighted by Crippen LogP contribution is -2.00. The van der Waals surface area contributed by atoms with Crippen molar-refractivity contribution in [3.8, 4) is 0 Å². The Bertz CT molecular complexity index is 714. The number of hydrogen-bond acceptors (Lipinski definition) is 5. The highest BCUT2D eigenvalue weighted by Gasteiger charge is 2.07. The van der Waals surface area contributed by atoms with Crippen LogP contribution in [0.3, 0.4) is 0 Å². The van der Waals surface area contributed by atoms with Gasteiger partial charge in [-0.2, -0.15) is 4.98 Å². The Morgan fingerprint density at radius 2 is 2.14 bits per heavy atom. The van der Waals surface area contributed by atoms with Gasteiger partial charge in [0.1, 0.15) is 0 Å². The first-order valence-electron chi connectivity index (χ1n) is 6.49. The third-order valence-electron chi connectivity index (χ3n) is 2.86. The minimum absolute atomic E-state index is 0.459. The fraction of sp³-hybridized carbons (Fsp3) is 0.133. The molecular formula is C15H13ClN4O. The van der Waals surface area contributed by atoms with Gasteiger partial charge in [-0.25, -0.2) is 0 Å². The second kappa shape index (κ2) is 6.37. The predicted molar refractivity (Wildman–Crippen MR) is 80.1 cm³/mol. The predicted octanol–water partition coefficient (Wildman–Crippen LogP) is 3.32. The molecule has 0 atom stereocenters. The molecule has 0 aliphatic rings. The number of rotatable bonds is 5. The van der Waals surface area contributed by atoms with Crippen molar-refractivity contribution in [2.24, 2.45) is 0 Å². The van der Waals surface area contributed by atoms with Crippen molar-refractivity contribution in [1.82, 2.24) is 15.1 Å². The van der Waals surface area contributed by atoms with Crippen LogP contribution in [-0.2, 0) is 13.0 Å². The maximum Gasteiger partial charge on any atom is 0.245 e. The van der Waals surface area contributed by atoms with Crippen LogP contribution in [0.25, 0.3) is 0 Å². The van der Waals surface area contributed by atoms with Crippen molar-refractivity contribution in [3.05, 3.63) is 71.1 Å². The first kappa shape index (κ1) is 13.6. The van der Waals surface area contributed by atoms with E-state index < -0.39 is 0 Å². The van der Waals surface area contributed by atoms with Crippen LogP contribution >= 0.6 is 11.6 Å². The summed E-state index contributed by atoms with van der Waals surface area (Å²) in [4.78, 5) is 8.40. The minimum atomic E-state index is 0.459. The highest BCUT2D eigenvalue weighted by Crippen LogP contribution is 2.15.